The van der Waals surface area contributed by atoms with Gasteiger partial charge in [0.25, 0.3) is 0 Å². The van der Waals surface area contributed by atoms with E-state index in [9.17, 15) is 0 Å². The summed E-state index contributed by atoms with van der Waals surface area (Å²) in [6.45, 7) is 4.62. The number of hydrogen-bond acceptors (Lipinski definition) is 2. The van der Waals surface area contributed by atoms with E-state index in [2.05, 4.69) is 24.0 Å². The highest BCUT2D eigenvalue weighted by atomic mass is 15.1. The molecular weight excluding hydrogens is 208 g/mol. The quantitative estimate of drug-likeness (QED) is 0.787. The highest BCUT2D eigenvalue weighted by Crippen LogP contribution is 2.37. The fraction of sp³-hybridized carbons (Fsp3) is 0.600. The van der Waals surface area contributed by atoms with Crippen LogP contribution >= 0.6 is 0 Å². The van der Waals surface area contributed by atoms with Gasteiger partial charge in [-0.2, -0.15) is 0 Å². The summed E-state index contributed by atoms with van der Waals surface area (Å²) in [4.78, 5) is 2.58. The second kappa shape index (κ2) is 4.25. The SMILES string of the molecule is Cc1c(N)cccc1N(CC1CC1)CC1CC1. The molecule has 17 heavy (non-hydrogen) atoms. The van der Waals surface area contributed by atoms with Gasteiger partial charge >= 0.3 is 0 Å². The standard InChI is InChI=1S/C15H22N2/c1-11-14(16)3-2-4-15(11)17(9-12-5-6-12)10-13-7-8-13/h2-4,12-13H,5-10,16H2,1H3. The van der Waals surface area contributed by atoms with Crippen LogP contribution in [0.4, 0.5) is 11.4 Å². The van der Waals surface area contributed by atoms with Crippen molar-refractivity contribution in [2.45, 2.75) is 32.6 Å². The molecule has 1 aromatic carbocycles. The van der Waals surface area contributed by atoms with Gasteiger partial charge in [0, 0.05) is 24.5 Å². The van der Waals surface area contributed by atoms with Crippen LogP contribution < -0.4 is 10.6 Å². The average Bonchev–Trinajstić information content (AvgIpc) is 3.16. The van der Waals surface area contributed by atoms with Crippen LogP contribution in [0.5, 0.6) is 0 Å². The molecule has 0 amide bonds. The monoisotopic (exact) mass is 230 g/mol. The second-order valence-electron chi connectivity index (χ2n) is 5.78. The van der Waals surface area contributed by atoms with Crippen LogP contribution in [0.1, 0.15) is 31.2 Å². The van der Waals surface area contributed by atoms with E-state index in [4.69, 9.17) is 5.73 Å². The summed E-state index contributed by atoms with van der Waals surface area (Å²) < 4.78 is 0. The molecule has 2 fully saturated rings. The van der Waals surface area contributed by atoms with E-state index >= 15 is 0 Å². The minimum atomic E-state index is 0.930. The Bertz CT molecular complexity index is 391. The summed E-state index contributed by atoms with van der Waals surface area (Å²) in [6, 6.07) is 6.33. The van der Waals surface area contributed by atoms with E-state index in [1.165, 1.54) is 50.0 Å². The van der Waals surface area contributed by atoms with E-state index in [1.807, 2.05) is 6.07 Å². The van der Waals surface area contributed by atoms with Gasteiger partial charge in [0.1, 0.15) is 0 Å². The molecule has 2 nitrogen and oxygen atoms in total. The first-order valence-electron chi connectivity index (χ1n) is 6.84. The predicted molar refractivity (Wildman–Crippen MR) is 73.3 cm³/mol. The van der Waals surface area contributed by atoms with Crippen molar-refractivity contribution in [3.8, 4) is 0 Å². The summed E-state index contributed by atoms with van der Waals surface area (Å²) in [5.41, 5.74) is 9.58. The normalized spacial score (nSPS) is 19.4. The zero-order chi connectivity index (χ0) is 11.8. The predicted octanol–water partition coefficient (Wildman–Crippen LogP) is 3.20. The zero-order valence-electron chi connectivity index (χ0n) is 10.7. The van der Waals surface area contributed by atoms with Gasteiger partial charge in [-0.3, -0.25) is 0 Å². The number of benzene rings is 1. The van der Waals surface area contributed by atoms with Crippen LogP contribution in [0.2, 0.25) is 0 Å². The fourth-order valence-electron chi connectivity index (χ4n) is 2.48. The van der Waals surface area contributed by atoms with Crippen molar-refractivity contribution in [3.63, 3.8) is 0 Å². The Morgan fingerprint density at radius 1 is 1.12 bits per heavy atom. The number of hydrogen-bond donors (Lipinski definition) is 1. The lowest BCUT2D eigenvalue weighted by Crippen LogP contribution is -2.28. The lowest BCUT2D eigenvalue weighted by Gasteiger charge is -2.27. The van der Waals surface area contributed by atoms with E-state index < -0.39 is 0 Å². The van der Waals surface area contributed by atoms with Gasteiger partial charge in [-0.1, -0.05) is 6.07 Å². The number of nitrogen functional groups attached to an aromatic ring is 1. The third kappa shape index (κ3) is 2.56. The van der Waals surface area contributed by atoms with Crippen LogP contribution in [-0.4, -0.2) is 13.1 Å². The summed E-state index contributed by atoms with van der Waals surface area (Å²) in [5, 5.41) is 0. The smallest absolute Gasteiger partial charge is 0.0416 e. The maximum atomic E-state index is 6.02. The van der Waals surface area contributed by atoms with Crippen molar-refractivity contribution in [1.29, 1.82) is 0 Å². The van der Waals surface area contributed by atoms with Crippen LogP contribution in [-0.2, 0) is 0 Å². The highest BCUT2D eigenvalue weighted by Gasteiger charge is 2.29. The maximum absolute atomic E-state index is 6.02. The summed E-state index contributed by atoms with van der Waals surface area (Å²) in [5.74, 6) is 1.88. The summed E-state index contributed by atoms with van der Waals surface area (Å²) >= 11 is 0. The van der Waals surface area contributed by atoms with Crippen molar-refractivity contribution >= 4 is 11.4 Å². The second-order valence-corrected chi connectivity index (χ2v) is 5.78. The molecule has 2 saturated carbocycles. The maximum Gasteiger partial charge on any atom is 0.0416 e. The molecular formula is C15H22N2. The Kier molecular flexibility index (Phi) is 2.73. The molecule has 92 valence electrons. The molecule has 0 aliphatic heterocycles. The molecule has 1 aromatic rings. The molecule has 3 rings (SSSR count). The van der Waals surface area contributed by atoms with Gasteiger partial charge < -0.3 is 10.6 Å². The van der Waals surface area contributed by atoms with Crippen LogP contribution in [0, 0.1) is 18.8 Å². The molecule has 0 heterocycles. The van der Waals surface area contributed by atoms with E-state index in [1.54, 1.807) is 0 Å². The molecule has 0 saturated heterocycles. The molecule has 2 aliphatic rings. The number of anilines is 2. The van der Waals surface area contributed by atoms with Crippen molar-refractivity contribution in [3.05, 3.63) is 23.8 Å². The Morgan fingerprint density at radius 3 is 2.24 bits per heavy atom. The van der Waals surface area contributed by atoms with Crippen LogP contribution in [0.3, 0.4) is 0 Å². The van der Waals surface area contributed by atoms with Crippen LogP contribution in [0.25, 0.3) is 0 Å². The van der Waals surface area contributed by atoms with Crippen molar-refractivity contribution in [2.75, 3.05) is 23.7 Å². The lowest BCUT2D eigenvalue weighted by atomic mass is 10.1. The average molecular weight is 230 g/mol. The number of nitrogens with two attached hydrogens (primary N) is 1. The Balaban J connectivity index is 1.81. The topological polar surface area (TPSA) is 29.3 Å². The molecule has 2 N–H and O–H groups in total. The highest BCUT2D eigenvalue weighted by molar-refractivity contribution is 5.64. The van der Waals surface area contributed by atoms with E-state index in [0.717, 1.165) is 17.5 Å². The van der Waals surface area contributed by atoms with Gasteiger partial charge in [0.15, 0.2) is 0 Å². The van der Waals surface area contributed by atoms with E-state index in [0.29, 0.717) is 0 Å². The Morgan fingerprint density at radius 2 is 1.71 bits per heavy atom. The van der Waals surface area contributed by atoms with Gasteiger partial charge in [-0.25, -0.2) is 0 Å². The molecule has 0 bridgehead atoms. The molecule has 0 spiro atoms. The zero-order valence-corrected chi connectivity index (χ0v) is 10.7. The Hall–Kier alpha value is -1.18. The first-order chi connectivity index (χ1) is 8.24. The van der Waals surface area contributed by atoms with Gasteiger partial charge in [-0.05, 0) is 62.1 Å². The minimum absolute atomic E-state index is 0.930. The Labute approximate surface area is 104 Å². The minimum Gasteiger partial charge on any atom is -0.398 e. The molecule has 0 radical (unpaired) electrons. The number of rotatable bonds is 5. The van der Waals surface area contributed by atoms with Gasteiger partial charge in [0.05, 0.1) is 0 Å². The molecule has 0 unspecified atom stereocenters. The van der Waals surface area contributed by atoms with Gasteiger partial charge in [-0.15, -0.1) is 0 Å². The fourth-order valence-corrected chi connectivity index (χ4v) is 2.48. The van der Waals surface area contributed by atoms with Gasteiger partial charge in [0.2, 0.25) is 0 Å². The van der Waals surface area contributed by atoms with Crippen molar-refractivity contribution in [1.82, 2.24) is 0 Å². The number of nitrogens with zero attached hydrogens (tertiary/aromatic N) is 1. The first-order valence-corrected chi connectivity index (χ1v) is 6.84. The molecule has 0 aromatic heterocycles. The van der Waals surface area contributed by atoms with Crippen molar-refractivity contribution in [2.24, 2.45) is 11.8 Å². The largest absolute Gasteiger partial charge is 0.398 e. The molecule has 2 aliphatic carbocycles. The first kappa shape index (κ1) is 10.9. The van der Waals surface area contributed by atoms with E-state index in [-0.39, 0.29) is 0 Å². The lowest BCUT2D eigenvalue weighted by molar-refractivity contribution is 0.678. The summed E-state index contributed by atoms with van der Waals surface area (Å²) in [6.07, 6.45) is 5.68. The molecule has 0 atom stereocenters. The third-order valence-electron chi connectivity index (χ3n) is 4.04. The van der Waals surface area contributed by atoms with Crippen molar-refractivity contribution < 1.29 is 0 Å². The van der Waals surface area contributed by atoms with Crippen LogP contribution in [0.15, 0.2) is 18.2 Å². The third-order valence-corrected chi connectivity index (χ3v) is 4.04. The summed E-state index contributed by atoms with van der Waals surface area (Å²) in [7, 11) is 0. The molecule has 2 heteroatoms.